The molecular formula is C29H32N2O3S. The second-order valence-electron chi connectivity index (χ2n) is 9.05. The summed E-state index contributed by atoms with van der Waals surface area (Å²) in [5.41, 5.74) is 6.23. The fourth-order valence-corrected chi connectivity index (χ4v) is 6.31. The number of carbonyl (C=O) groups excluding carboxylic acids is 1. The Morgan fingerprint density at radius 2 is 1.71 bits per heavy atom. The number of allylic oxidation sites excluding steroid dienone is 2. The molecule has 1 aliphatic heterocycles. The third kappa shape index (κ3) is 4.20. The van der Waals surface area contributed by atoms with Crippen molar-refractivity contribution in [2.75, 3.05) is 37.5 Å². The van der Waals surface area contributed by atoms with Crippen molar-refractivity contribution in [2.24, 2.45) is 0 Å². The highest BCUT2D eigenvalue weighted by Crippen LogP contribution is 2.50. The number of rotatable bonds is 7. The molecule has 0 unspecified atom stereocenters. The maximum atomic E-state index is 13.7. The monoisotopic (exact) mass is 488 g/mol. The van der Waals surface area contributed by atoms with Crippen LogP contribution < -0.4 is 19.7 Å². The second-order valence-corrected chi connectivity index (χ2v) is 10.0. The predicted octanol–water partition coefficient (Wildman–Crippen LogP) is 6.57. The molecule has 1 aromatic heterocycles. The molecule has 0 radical (unpaired) electrons. The Hall–Kier alpha value is -3.25. The summed E-state index contributed by atoms with van der Waals surface area (Å²) in [5, 5.41) is 5.70. The standard InChI is InChI=1S/C29H32N2O3S/c1-5-31(6-2)20-11-9-18(10-12-20)28-21-16-25(33-3)26(34-4)17-22(21)30-23-14-19(15-24(32)29(23)28)27-8-7-13-35-27/h7-13,16-17,19,28,30H,5-6,14-15H2,1-4H3/t19-,28-/m0/s1. The van der Waals surface area contributed by atoms with E-state index in [2.05, 4.69) is 65.8 Å². The van der Waals surface area contributed by atoms with Gasteiger partial charge in [-0.3, -0.25) is 4.79 Å². The highest BCUT2D eigenvalue weighted by Gasteiger charge is 2.39. The number of anilines is 2. The van der Waals surface area contributed by atoms with Crippen molar-refractivity contribution in [1.29, 1.82) is 0 Å². The minimum atomic E-state index is -0.149. The summed E-state index contributed by atoms with van der Waals surface area (Å²) >= 11 is 1.73. The van der Waals surface area contributed by atoms with Crippen molar-refractivity contribution in [1.82, 2.24) is 0 Å². The molecule has 3 aromatic rings. The van der Waals surface area contributed by atoms with Gasteiger partial charge in [0.25, 0.3) is 0 Å². The highest BCUT2D eigenvalue weighted by molar-refractivity contribution is 7.10. The molecule has 2 aliphatic rings. The van der Waals surface area contributed by atoms with Crippen molar-refractivity contribution in [3.8, 4) is 11.5 Å². The number of hydrogen-bond donors (Lipinski definition) is 1. The normalized spacial score (nSPS) is 19.0. The molecule has 0 spiro atoms. The quantitative estimate of drug-likeness (QED) is 0.408. The number of methoxy groups -OCH3 is 2. The Morgan fingerprint density at radius 3 is 2.34 bits per heavy atom. The molecule has 35 heavy (non-hydrogen) atoms. The van der Waals surface area contributed by atoms with Gasteiger partial charge in [-0.25, -0.2) is 0 Å². The maximum Gasteiger partial charge on any atom is 0.162 e. The van der Waals surface area contributed by atoms with Crippen LogP contribution in [0, 0.1) is 0 Å². The van der Waals surface area contributed by atoms with E-state index in [0.29, 0.717) is 17.9 Å². The number of thiophene rings is 1. The molecule has 0 saturated heterocycles. The van der Waals surface area contributed by atoms with Gasteiger partial charge in [-0.05, 0) is 61.0 Å². The number of nitrogens with one attached hydrogen (secondary N) is 1. The van der Waals surface area contributed by atoms with Crippen molar-refractivity contribution in [3.05, 3.63) is 81.2 Å². The van der Waals surface area contributed by atoms with Crippen LogP contribution in [0.2, 0.25) is 0 Å². The summed E-state index contributed by atoms with van der Waals surface area (Å²) in [6.07, 6.45) is 1.36. The van der Waals surface area contributed by atoms with Crippen molar-refractivity contribution >= 4 is 28.5 Å². The molecular weight excluding hydrogens is 456 g/mol. The Labute approximate surface area is 211 Å². The van der Waals surface area contributed by atoms with Gasteiger partial charge in [0.2, 0.25) is 0 Å². The van der Waals surface area contributed by atoms with E-state index in [1.807, 2.05) is 12.1 Å². The van der Waals surface area contributed by atoms with Gasteiger partial charge in [0.05, 0.1) is 14.2 Å². The Kier molecular flexibility index (Phi) is 6.56. The van der Waals surface area contributed by atoms with Crippen molar-refractivity contribution in [3.63, 3.8) is 0 Å². The van der Waals surface area contributed by atoms with Gasteiger partial charge in [0.1, 0.15) is 0 Å². The number of ketones is 1. The number of ether oxygens (including phenoxy) is 2. The summed E-state index contributed by atoms with van der Waals surface area (Å²) in [7, 11) is 3.30. The van der Waals surface area contributed by atoms with Crippen LogP contribution in [0.15, 0.2) is 65.2 Å². The van der Waals surface area contributed by atoms with Crippen LogP contribution in [-0.4, -0.2) is 33.1 Å². The third-order valence-corrected chi connectivity index (χ3v) is 8.28. The van der Waals surface area contributed by atoms with Gasteiger partial charge in [0.15, 0.2) is 17.3 Å². The Morgan fingerprint density at radius 1 is 1.00 bits per heavy atom. The summed E-state index contributed by atoms with van der Waals surface area (Å²) in [5.74, 6) is 1.62. The molecule has 5 nitrogen and oxygen atoms in total. The van der Waals surface area contributed by atoms with Gasteiger partial charge < -0.3 is 19.7 Å². The average Bonchev–Trinajstić information content (AvgIpc) is 3.43. The lowest BCUT2D eigenvalue weighted by Crippen LogP contribution is -2.29. The Balaban J connectivity index is 1.63. The lowest BCUT2D eigenvalue weighted by molar-refractivity contribution is -0.116. The number of nitrogens with zero attached hydrogens (tertiary/aromatic N) is 1. The summed E-state index contributed by atoms with van der Waals surface area (Å²) in [4.78, 5) is 17.3. The zero-order valence-electron chi connectivity index (χ0n) is 20.8. The van der Waals surface area contributed by atoms with Crippen LogP contribution in [0.25, 0.3) is 0 Å². The number of benzene rings is 2. The highest BCUT2D eigenvalue weighted by atomic mass is 32.1. The van der Waals surface area contributed by atoms with E-state index >= 15 is 0 Å². The topological polar surface area (TPSA) is 50.8 Å². The minimum absolute atomic E-state index is 0.149. The van der Waals surface area contributed by atoms with Gasteiger partial charge in [-0.15, -0.1) is 11.3 Å². The van der Waals surface area contributed by atoms with Crippen LogP contribution in [0.5, 0.6) is 11.5 Å². The predicted molar refractivity (Wildman–Crippen MR) is 143 cm³/mol. The molecule has 0 amide bonds. The first kappa shape index (κ1) is 23.5. The number of hydrogen-bond acceptors (Lipinski definition) is 6. The number of Topliss-reactive ketones (excluding diaryl/α,β-unsaturated/α-hetero) is 1. The van der Waals surface area contributed by atoms with E-state index in [4.69, 9.17) is 9.47 Å². The molecule has 2 heterocycles. The largest absolute Gasteiger partial charge is 0.493 e. The first-order chi connectivity index (χ1) is 17.1. The van der Waals surface area contributed by atoms with Gasteiger partial charge in [-0.2, -0.15) is 0 Å². The maximum absolute atomic E-state index is 13.7. The third-order valence-electron chi connectivity index (χ3n) is 7.25. The molecule has 1 N–H and O–H groups in total. The molecule has 5 rings (SSSR count). The lowest BCUT2D eigenvalue weighted by Gasteiger charge is -2.37. The number of fused-ring (bicyclic) bond motifs is 1. The van der Waals surface area contributed by atoms with E-state index in [9.17, 15) is 4.79 Å². The van der Waals surface area contributed by atoms with Gasteiger partial charge in [-0.1, -0.05) is 18.2 Å². The molecule has 182 valence electrons. The molecule has 6 heteroatoms. The molecule has 0 saturated carbocycles. The molecule has 2 aromatic carbocycles. The molecule has 2 atom stereocenters. The molecule has 1 aliphatic carbocycles. The second kappa shape index (κ2) is 9.78. The molecule has 0 fully saturated rings. The van der Waals surface area contributed by atoms with E-state index < -0.39 is 0 Å². The van der Waals surface area contributed by atoms with Crippen LogP contribution in [0.4, 0.5) is 11.4 Å². The van der Waals surface area contributed by atoms with Crippen molar-refractivity contribution in [2.45, 2.75) is 38.5 Å². The SMILES string of the molecule is CCN(CC)c1ccc([C@@H]2C3=C(C[C@H](c4cccs4)CC3=O)Nc3cc(OC)c(OC)cc32)cc1. The fourth-order valence-electron chi connectivity index (χ4n) is 5.48. The van der Waals surface area contributed by atoms with E-state index in [1.54, 1.807) is 25.6 Å². The van der Waals surface area contributed by atoms with Crippen LogP contribution in [0.1, 0.15) is 54.5 Å². The first-order valence-electron chi connectivity index (χ1n) is 12.2. The van der Waals surface area contributed by atoms with Crippen LogP contribution in [0.3, 0.4) is 0 Å². The van der Waals surface area contributed by atoms with E-state index in [0.717, 1.165) is 47.6 Å². The lowest BCUT2D eigenvalue weighted by atomic mass is 9.73. The zero-order chi connectivity index (χ0) is 24.5. The summed E-state index contributed by atoms with van der Waals surface area (Å²) < 4.78 is 11.2. The smallest absolute Gasteiger partial charge is 0.162 e. The summed E-state index contributed by atoms with van der Waals surface area (Å²) in [6.45, 7) is 6.26. The molecule has 0 bridgehead atoms. The van der Waals surface area contributed by atoms with E-state index in [-0.39, 0.29) is 17.6 Å². The first-order valence-corrected chi connectivity index (χ1v) is 13.1. The van der Waals surface area contributed by atoms with Crippen molar-refractivity contribution < 1.29 is 14.3 Å². The zero-order valence-corrected chi connectivity index (χ0v) is 21.6. The average molecular weight is 489 g/mol. The van der Waals surface area contributed by atoms with Crippen LogP contribution >= 0.6 is 11.3 Å². The van der Waals surface area contributed by atoms with Crippen LogP contribution in [-0.2, 0) is 4.79 Å². The number of carbonyl (C=O) groups is 1. The van der Waals surface area contributed by atoms with Gasteiger partial charge >= 0.3 is 0 Å². The summed E-state index contributed by atoms with van der Waals surface area (Å²) in [6, 6.07) is 16.9. The minimum Gasteiger partial charge on any atom is -0.493 e. The van der Waals surface area contributed by atoms with Gasteiger partial charge in [0, 0.05) is 64.9 Å². The van der Waals surface area contributed by atoms with E-state index in [1.165, 1.54) is 10.6 Å². The fraction of sp³-hybridized carbons (Fsp3) is 0.345. The Bertz CT molecular complexity index is 1240.